The molecule has 0 aromatic carbocycles. The summed E-state index contributed by atoms with van der Waals surface area (Å²) in [4.78, 5) is 5.09. The van der Waals surface area contributed by atoms with E-state index in [2.05, 4.69) is 30.7 Å². The fraction of sp³-hybridized carbons (Fsp3) is 1.00. The summed E-state index contributed by atoms with van der Waals surface area (Å²) in [7, 11) is 2.24. The van der Waals surface area contributed by atoms with E-state index in [9.17, 15) is 0 Å². The van der Waals surface area contributed by atoms with E-state index in [0.717, 1.165) is 6.54 Å². The normalized spacial score (nSPS) is 29.6. The third-order valence-corrected chi connectivity index (χ3v) is 3.61. The van der Waals surface area contributed by atoms with Gasteiger partial charge in [-0.05, 0) is 46.8 Å². The fourth-order valence-electron chi connectivity index (χ4n) is 2.35. The van der Waals surface area contributed by atoms with Gasteiger partial charge in [0.2, 0.25) is 0 Å². The van der Waals surface area contributed by atoms with E-state index >= 15 is 0 Å². The van der Waals surface area contributed by atoms with Crippen LogP contribution in [0.1, 0.15) is 33.1 Å². The number of hydrogen-bond donors (Lipinski definition) is 1. The van der Waals surface area contributed by atoms with Crippen LogP contribution in [0.25, 0.3) is 0 Å². The molecular formula is C12H27N3. The summed E-state index contributed by atoms with van der Waals surface area (Å²) in [6.45, 7) is 9.19. The zero-order valence-corrected chi connectivity index (χ0v) is 10.6. The molecule has 3 nitrogen and oxygen atoms in total. The molecule has 90 valence electrons. The molecule has 0 spiro atoms. The maximum absolute atomic E-state index is 5.49. The predicted octanol–water partition coefficient (Wildman–Crippen LogP) is 1.14. The van der Waals surface area contributed by atoms with Crippen molar-refractivity contribution in [1.82, 2.24) is 9.80 Å². The molecule has 1 aliphatic heterocycles. The van der Waals surface area contributed by atoms with Gasteiger partial charge in [-0.15, -0.1) is 0 Å². The SMILES string of the molecule is CC1CN(CCCCCN)CC(C)N1C. The summed E-state index contributed by atoms with van der Waals surface area (Å²) >= 11 is 0. The van der Waals surface area contributed by atoms with Gasteiger partial charge in [0, 0.05) is 25.2 Å². The zero-order valence-electron chi connectivity index (χ0n) is 10.6. The van der Waals surface area contributed by atoms with Gasteiger partial charge in [-0.1, -0.05) is 6.42 Å². The van der Waals surface area contributed by atoms with Crippen molar-refractivity contribution in [3.05, 3.63) is 0 Å². The third-order valence-electron chi connectivity index (χ3n) is 3.61. The zero-order chi connectivity index (χ0) is 11.3. The van der Waals surface area contributed by atoms with E-state index < -0.39 is 0 Å². The Balaban J connectivity index is 2.20. The summed E-state index contributed by atoms with van der Waals surface area (Å²) < 4.78 is 0. The summed E-state index contributed by atoms with van der Waals surface area (Å²) in [6.07, 6.45) is 3.77. The van der Waals surface area contributed by atoms with Crippen LogP contribution in [0, 0.1) is 0 Å². The van der Waals surface area contributed by atoms with Crippen LogP contribution in [0.4, 0.5) is 0 Å². The Bertz CT molecular complexity index is 160. The van der Waals surface area contributed by atoms with Crippen LogP contribution in [0.3, 0.4) is 0 Å². The molecule has 2 atom stereocenters. The second-order valence-electron chi connectivity index (χ2n) is 4.97. The number of rotatable bonds is 5. The van der Waals surface area contributed by atoms with E-state index in [1.54, 1.807) is 0 Å². The van der Waals surface area contributed by atoms with Gasteiger partial charge in [0.1, 0.15) is 0 Å². The Labute approximate surface area is 94.6 Å². The number of likely N-dealkylation sites (N-methyl/N-ethyl adjacent to an activating group) is 1. The second kappa shape index (κ2) is 6.46. The van der Waals surface area contributed by atoms with Crippen LogP contribution >= 0.6 is 0 Å². The molecule has 0 bridgehead atoms. The average molecular weight is 213 g/mol. The summed E-state index contributed by atoms with van der Waals surface area (Å²) in [5.74, 6) is 0. The van der Waals surface area contributed by atoms with E-state index in [0.29, 0.717) is 12.1 Å². The number of unbranched alkanes of at least 4 members (excludes halogenated alkanes) is 2. The van der Waals surface area contributed by atoms with Gasteiger partial charge < -0.3 is 10.6 Å². The summed E-state index contributed by atoms with van der Waals surface area (Å²) in [5, 5.41) is 0. The lowest BCUT2D eigenvalue weighted by Gasteiger charge is -2.42. The summed E-state index contributed by atoms with van der Waals surface area (Å²) in [6, 6.07) is 1.39. The van der Waals surface area contributed by atoms with Crippen molar-refractivity contribution in [2.75, 3.05) is 33.2 Å². The molecule has 1 rings (SSSR count). The van der Waals surface area contributed by atoms with E-state index in [1.807, 2.05) is 0 Å². The minimum Gasteiger partial charge on any atom is -0.330 e. The summed E-state index contributed by atoms with van der Waals surface area (Å²) in [5.41, 5.74) is 5.49. The first kappa shape index (κ1) is 12.9. The second-order valence-corrected chi connectivity index (χ2v) is 4.97. The Morgan fingerprint density at radius 1 is 1.07 bits per heavy atom. The van der Waals surface area contributed by atoms with Crippen molar-refractivity contribution in [2.24, 2.45) is 5.73 Å². The highest BCUT2D eigenvalue weighted by molar-refractivity contribution is 4.82. The lowest BCUT2D eigenvalue weighted by molar-refractivity contribution is 0.0591. The van der Waals surface area contributed by atoms with Gasteiger partial charge in [0.25, 0.3) is 0 Å². The van der Waals surface area contributed by atoms with Gasteiger partial charge >= 0.3 is 0 Å². The predicted molar refractivity (Wildman–Crippen MR) is 66.0 cm³/mol. The number of piperazine rings is 1. The smallest absolute Gasteiger partial charge is 0.0195 e. The highest BCUT2D eigenvalue weighted by Gasteiger charge is 2.25. The molecule has 0 aliphatic carbocycles. The largest absolute Gasteiger partial charge is 0.330 e. The van der Waals surface area contributed by atoms with Crippen molar-refractivity contribution in [2.45, 2.75) is 45.2 Å². The quantitative estimate of drug-likeness (QED) is 0.695. The van der Waals surface area contributed by atoms with E-state index in [-0.39, 0.29) is 0 Å². The van der Waals surface area contributed by atoms with Crippen LogP contribution in [-0.4, -0.2) is 55.1 Å². The van der Waals surface area contributed by atoms with Crippen molar-refractivity contribution in [3.63, 3.8) is 0 Å². The first-order valence-corrected chi connectivity index (χ1v) is 6.29. The van der Waals surface area contributed by atoms with Crippen LogP contribution in [0.15, 0.2) is 0 Å². The highest BCUT2D eigenvalue weighted by atomic mass is 15.3. The molecule has 1 saturated heterocycles. The molecule has 3 heteroatoms. The van der Waals surface area contributed by atoms with Crippen LogP contribution in [0.2, 0.25) is 0 Å². The number of nitrogens with zero attached hydrogens (tertiary/aromatic N) is 2. The monoisotopic (exact) mass is 213 g/mol. The van der Waals surface area contributed by atoms with Gasteiger partial charge in [0.15, 0.2) is 0 Å². The van der Waals surface area contributed by atoms with Crippen LogP contribution in [0.5, 0.6) is 0 Å². The number of nitrogens with two attached hydrogens (primary N) is 1. The molecule has 0 amide bonds. The Morgan fingerprint density at radius 3 is 2.20 bits per heavy atom. The van der Waals surface area contributed by atoms with Crippen molar-refractivity contribution in [1.29, 1.82) is 0 Å². The average Bonchev–Trinajstić information content (AvgIpc) is 2.21. The number of hydrogen-bond acceptors (Lipinski definition) is 3. The minimum atomic E-state index is 0.697. The topological polar surface area (TPSA) is 32.5 Å². The van der Waals surface area contributed by atoms with Gasteiger partial charge in [-0.25, -0.2) is 0 Å². The lowest BCUT2D eigenvalue weighted by Crippen LogP contribution is -2.54. The van der Waals surface area contributed by atoms with Crippen molar-refractivity contribution >= 4 is 0 Å². The van der Waals surface area contributed by atoms with Gasteiger partial charge in [0.05, 0.1) is 0 Å². The molecule has 0 saturated carbocycles. The maximum Gasteiger partial charge on any atom is 0.0195 e. The Kier molecular flexibility index (Phi) is 5.58. The van der Waals surface area contributed by atoms with Crippen LogP contribution in [-0.2, 0) is 0 Å². The van der Waals surface area contributed by atoms with E-state index in [1.165, 1.54) is 38.9 Å². The molecule has 0 aromatic rings. The molecule has 0 radical (unpaired) electrons. The highest BCUT2D eigenvalue weighted by Crippen LogP contribution is 2.13. The van der Waals surface area contributed by atoms with Crippen molar-refractivity contribution < 1.29 is 0 Å². The Morgan fingerprint density at radius 2 is 1.67 bits per heavy atom. The Hall–Kier alpha value is -0.120. The first-order valence-electron chi connectivity index (χ1n) is 6.29. The minimum absolute atomic E-state index is 0.697. The molecule has 2 unspecified atom stereocenters. The lowest BCUT2D eigenvalue weighted by atomic mass is 10.1. The molecule has 1 aliphatic rings. The van der Waals surface area contributed by atoms with Gasteiger partial charge in [-0.3, -0.25) is 4.90 Å². The fourth-order valence-corrected chi connectivity index (χ4v) is 2.35. The molecule has 0 aromatic heterocycles. The third kappa shape index (κ3) is 4.09. The maximum atomic E-state index is 5.49. The van der Waals surface area contributed by atoms with Gasteiger partial charge in [-0.2, -0.15) is 0 Å². The molecule has 1 heterocycles. The molecular weight excluding hydrogens is 186 g/mol. The standard InChI is InChI=1S/C12H27N3/c1-11-9-15(8-6-4-5-7-13)10-12(2)14(11)3/h11-12H,4-10,13H2,1-3H3. The molecule has 2 N–H and O–H groups in total. The molecule has 1 fully saturated rings. The molecule has 15 heavy (non-hydrogen) atoms. The van der Waals surface area contributed by atoms with E-state index in [4.69, 9.17) is 5.73 Å². The van der Waals surface area contributed by atoms with Crippen LogP contribution < -0.4 is 5.73 Å². The first-order chi connectivity index (χ1) is 7.15. The van der Waals surface area contributed by atoms with Crippen molar-refractivity contribution in [3.8, 4) is 0 Å².